The minimum atomic E-state index is -0.365. The highest BCUT2D eigenvalue weighted by atomic mass is 16.1. The Morgan fingerprint density at radius 2 is 1.45 bits per heavy atom. The second-order valence-electron chi connectivity index (χ2n) is 5.89. The fourth-order valence-electron chi connectivity index (χ4n) is 3.38. The Hall–Kier alpha value is -0.570. The zero-order valence-corrected chi connectivity index (χ0v) is 14.4. The van der Waals surface area contributed by atoms with Crippen LogP contribution in [0.3, 0.4) is 0 Å². The highest BCUT2D eigenvalue weighted by molar-refractivity contribution is 5.81. The van der Waals surface area contributed by atoms with E-state index in [9.17, 15) is 4.79 Å². The van der Waals surface area contributed by atoms with E-state index in [1.54, 1.807) is 0 Å². The fraction of sp³-hybridized carbons (Fsp3) is 0.941. The minimum absolute atomic E-state index is 0.118. The molecule has 0 bridgehead atoms. The third-order valence-electron chi connectivity index (χ3n) is 4.82. The third kappa shape index (κ3) is 4.76. The van der Waals surface area contributed by atoms with Crippen LogP contribution in [0.2, 0.25) is 0 Å². The van der Waals surface area contributed by atoms with Crippen LogP contribution >= 0.6 is 0 Å². The van der Waals surface area contributed by atoms with Crippen molar-refractivity contribution in [3.8, 4) is 0 Å². The van der Waals surface area contributed by atoms with Gasteiger partial charge in [0.05, 0.1) is 5.41 Å². The highest BCUT2D eigenvalue weighted by Crippen LogP contribution is 2.35. The molecule has 1 atom stereocenters. The van der Waals surface area contributed by atoms with Gasteiger partial charge in [0.1, 0.15) is 0 Å². The van der Waals surface area contributed by atoms with Crippen LogP contribution in [0.15, 0.2) is 0 Å². The quantitative estimate of drug-likeness (QED) is 0.589. The number of primary amides is 1. The molecule has 3 heteroatoms. The van der Waals surface area contributed by atoms with E-state index in [0.717, 1.165) is 32.4 Å². The smallest absolute Gasteiger partial charge is 0.225 e. The van der Waals surface area contributed by atoms with Gasteiger partial charge in [-0.1, -0.05) is 47.5 Å². The molecule has 0 spiro atoms. The average molecular weight is 284 g/mol. The largest absolute Gasteiger partial charge is 0.369 e. The zero-order valence-electron chi connectivity index (χ0n) is 14.4. The number of hydrogen-bond acceptors (Lipinski definition) is 2. The van der Waals surface area contributed by atoms with E-state index < -0.39 is 0 Å². The average Bonchev–Trinajstić information content (AvgIpc) is 2.45. The van der Waals surface area contributed by atoms with Gasteiger partial charge >= 0.3 is 0 Å². The molecule has 1 amide bonds. The van der Waals surface area contributed by atoms with E-state index in [-0.39, 0.29) is 17.4 Å². The van der Waals surface area contributed by atoms with Crippen molar-refractivity contribution in [1.82, 2.24) is 4.90 Å². The number of hydrogen-bond donors (Lipinski definition) is 1. The maximum absolute atomic E-state index is 12.1. The number of nitrogens with zero attached hydrogens (tertiary/aromatic N) is 1. The summed E-state index contributed by atoms with van der Waals surface area (Å²) in [5, 5.41) is 0. The van der Waals surface area contributed by atoms with Gasteiger partial charge in [-0.2, -0.15) is 0 Å². The Kier molecular flexibility index (Phi) is 9.91. The predicted octanol–water partition coefficient (Wildman–Crippen LogP) is 3.96. The molecule has 0 aromatic carbocycles. The fourth-order valence-corrected chi connectivity index (χ4v) is 3.38. The van der Waals surface area contributed by atoms with Crippen molar-refractivity contribution in [2.24, 2.45) is 11.1 Å². The first kappa shape index (κ1) is 19.4. The standard InChI is InChI=1S/C17H36N2O/c1-6-11-13-19(14-12-7-2)15(8-3)17(9-4,10-5)16(18)20/h15H,6-14H2,1-5H3,(H2,18,20). The molecule has 1 unspecified atom stereocenters. The van der Waals surface area contributed by atoms with Crippen molar-refractivity contribution in [1.29, 1.82) is 0 Å². The molecule has 2 N–H and O–H groups in total. The van der Waals surface area contributed by atoms with E-state index in [2.05, 4.69) is 39.5 Å². The highest BCUT2D eigenvalue weighted by Gasteiger charge is 2.42. The lowest BCUT2D eigenvalue weighted by atomic mass is 9.72. The van der Waals surface area contributed by atoms with Crippen molar-refractivity contribution in [3.63, 3.8) is 0 Å². The van der Waals surface area contributed by atoms with Gasteiger partial charge < -0.3 is 5.73 Å². The molecule has 0 aromatic heterocycles. The monoisotopic (exact) mass is 284 g/mol. The van der Waals surface area contributed by atoms with Gasteiger partial charge in [0.15, 0.2) is 0 Å². The van der Waals surface area contributed by atoms with Crippen molar-refractivity contribution in [2.45, 2.75) is 85.6 Å². The summed E-state index contributed by atoms with van der Waals surface area (Å²) in [6.07, 6.45) is 7.46. The summed E-state index contributed by atoms with van der Waals surface area (Å²) in [6.45, 7) is 13.0. The molecule has 0 saturated carbocycles. The Morgan fingerprint density at radius 3 is 1.70 bits per heavy atom. The van der Waals surface area contributed by atoms with Crippen molar-refractivity contribution >= 4 is 5.91 Å². The molecule has 20 heavy (non-hydrogen) atoms. The summed E-state index contributed by atoms with van der Waals surface area (Å²) < 4.78 is 0. The number of rotatable bonds is 12. The van der Waals surface area contributed by atoms with Crippen LogP contribution in [-0.2, 0) is 4.79 Å². The van der Waals surface area contributed by atoms with Gasteiger partial charge in [-0.25, -0.2) is 0 Å². The molecule has 0 radical (unpaired) electrons. The molecule has 3 nitrogen and oxygen atoms in total. The van der Waals surface area contributed by atoms with Gasteiger partial charge in [-0.3, -0.25) is 9.69 Å². The van der Waals surface area contributed by atoms with Crippen LogP contribution in [0.4, 0.5) is 0 Å². The second kappa shape index (κ2) is 10.2. The Bertz CT molecular complexity index is 254. The predicted molar refractivity (Wildman–Crippen MR) is 87.7 cm³/mol. The molecule has 0 fully saturated rings. The summed E-state index contributed by atoms with van der Waals surface area (Å²) in [5.74, 6) is -0.118. The molecule has 0 aliphatic rings. The van der Waals surface area contributed by atoms with Crippen LogP contribution in [0, 0.1) is 5.41 Å². The molecular weight excluding hydrogens is 248 g/mol. The Morgan fingerprint density at radius 1 is 1.00 bits per heavy atom. The molecule has 120 valence electrons. The number of carbonyl (C=O) groups is 1. The summed E-state index contributed by atoms with van der Waals surface area (Å²) >= 11 is 0. The molecule has 0 aliphatic heterocycles. The summed E-state index contributed by atoms with van der Waals surface area (Å²) in [5.41, 5.74) is 5.43. The van der Waals surface area contributed by atoms with Crippen molar-refractivity contribution in [3.05, 3.63) is 0 Å². The van der Waals surface area contributed by atoms with Gasteiger partial charge in [0, 0.05) is 6.04 Å². The molecule has 0 saturated heterocycles. The topological polar surface area (TPSA) is 46.3 Å². The summed E-state index contributed by atoms with van der Waals surface area (Å²) in [6, 6.07) is 0.285. The lowest BCUT2D eigenvalue weighted by molar-refractivity contribution is -0.133. The lowest BCUT2D eigenvalue weighted by Gasteiger charge is -2.43. The minimum Gasteiger partial charge on any atom is -0.369 e. The number of amides is 1. The van der Waals surface area contributed by atoms with E-state index in [4.69, 9.17) is 5.73 Å². The SMILES string of the molecule is CCCCN(CCCC)C(CC)C(CC)(CC)C(N)=O. The van der Waals surface area contributed by atoms with Crippen LogP contribution in [0.5, 0.6) is 0 Å². The first-order valence-electron chi connectivity index (χ1n) is 8.57. The van der Waals surface area contributed by atoms with Gasteiger partial charge in [-0.15, -0.1) is 0 Å². The van der Waals surface area contributed by atoms with E-state index in [1.165, 1.54) is 25.7 Å². The molecule has 0 heterocycles. The number of unbranched alkanes of at least 4 members (excludes halogenated alkanes) is 2. The van der Waals surface area contributed by atoms with Gasteiger partial charge in [-0.05, 0) is 45.2 Å². The first-order chi connectivity index (χ1) is 9.53. The Labute approximate surface area is 126 Å². The number of carbonyl (C=O) groups excluding carboxylic acids is 1. The molecule has 0 aliphatic carbocycles. The first-order valence-corrected chi connectivity index (χ1v) is 8.57. The van der Waals surface area contributed by atoms with Gasteiger partial charge in [0.25, 0.3) is 0 Å². The number of nitrogens with two attached hydrogens (primary N) is 1. The van der Waals surface area contributed by atoms with Crippen LogP contribution in [-0.4, -0.2) is 29.9 Å². The van der Waals surface area contributed by atoms with Crippen LogP contribution in [0.1, 0.15) is 79.6 Å². The molecule has 0 rings (SSSR count). The van der Waals surface area contributed by atoms with Gasteiger partial charge in [0.2, 0.25) is 5.91 Å². The van der Waals surface area contributed by atoms with E-state index >= 15 is 0 Å². The van der Waals surface area contributed by atoms with Crippen LogP contribution in [0.25, 0.3) is 0 Å². The van der Waals surface area contributed by atoms with E-state index in [1.807, 2.05) is 0 Å². The second-order valence-corrected chi connectivity index (χ2v) is 5.89. The Balaban J connectivity index is 5.22. The maximum atomic E-state index is 12.1. The van der Waals surface area contributed by atoms with Crippen molar-refractivity contribution < 1.29 is 4.79 Å². The third-order valence-corrected chi connectivity index (χ3v) is 4.82. The summed E-state index contributed by atoms with van der Waals surface area (Å²) in [4.78, 5) is 14.7. The molecule has 0 aromatic rings. The summed E-state index contributed by atoms with van der Waals surface area (Å²) in [7, 11) is 0. The zero-order chi connectivity index (χ0) is 15.6. The van der Waals surface area contributed by atoms with E-state index in [0.29, 0.717) is 0 Å². The normalized spacial score (nSPS) is 13.7. The molecular formula is C17H36N2O. The lowest BCUT2D eigenvalue weighted by Crippen LogP contribution is -2.54. The van der Waals surface area contributed by atoms with Crippen LogP contribution < -0.4 is 5.73 Å². The van der Waals surface area contributed by atoms with Crippen molar-refractivity contribution in [2.75, 3.05) is 13.1 Å². The maximum Gasteiger partial charge on any atom is 0.225 e.